The first-order chi connectivity index (χ1) is 17.6. The highest BCUT2D eigenvalue weighted by Crippen LogP contribution is 2.35. The van der Waals surface area contributed by atoms with E-state index in [0.29, 0.717) is 35.9 Å². The van der Waals surface area contributed by atoms with E-state index in [1.54, 1.807) is 12.4 Å². The number of carbonyl (C=O) groups is 2. The second kappa shape index (κ2) is 10.9. The van der Waals surface area contributed by atoms with E-state index in [4.69, 9.17) is 9.72 Å². The number of fused-ring (bicyclic) bond motifs is 1. The zero-order valence-corrected chi connectivity index (χ0v) is 20.7. The number of nitrogens with one attached hydrogen (secondary N) is 2. The van der Waals surface area contributed by atoms with Gasteiger partial charge in [0.25, 0.3) is 0 Å². The molecule has 36 heavy (non-hydrogen) atoms. The average Bonchev–Trinajstić information content (AvgIpc) is 3.18. The number of methoxy groups -OCH3 is 1. The third-order valence-corrected chi connectivity index (χ3v) is 7.29. The second-order valence-electron chi connectivity index (χ2n) is 9.68. The lowest BCUT2D eigenvalue weighted by Gasteiger charge is -2.24. The Balaban J connectivity index is 1.51. The molecule has 0 aromatic carbocycles. The molecule has 2 N–H and O–H groups in total. The number of aryl methyl sites for hydroxylation is 2. The van der Waals surface area contributed by atoms with Gasteiger partial charge >= 0.3 is 5.97 Å². The van der Waals surface area contributed by atoms with E-state index in [0.717, 1.165) is 61.8 Å². The van der Waals surface area contributed by atoms with Crippen molar-refractivity contribution in [1.82, 2.24) is 14.5 Å². The van der Waals surface area contributed by atoms with E-state index in [9.17, 15) is 9.59 Å². The molecule has 2 aliphatic carbocycles. The Morgan fingerprint density at radius 1 is 1.17 bits per heavy atom. The summed E-state index contributed by atoms with van der Waals surface area (Å²) in [7, 11) is 1.36. The maximum atomic E-state index is 13.0. The van der Waals surface area contributed by atoms with Crippen LogP contribution in [0.1, 0.15) is 54.7 Å². The molecule has 3 aromatic heterocycles. The molecule has 1 fully saturated rings. The normalized spacial score (nSPS) is 17.5. The number of anilines is 2. The van der Waals surface area contributed by atoms with E-state index < -0.39 is 5.97 Å². The number of nitrogens with zero attached hydrogens (tertiary/aromatic N) is 3. The molecule has 2 aliphatic rings. The number of ether oxygens (including phenoxy) is 1. The minimum absolute atomic E-state index is 0.0176. The SMILES string of the molecule is COC(=O)c1c(NC(=O)C2CCC2)c2cc(NC[C@@H]3CC=CCC3)cnc2n1CCc1ccccn1. The average molecular weight is 488 g/mol. The molecule has 3 aromatic rings. The van der Waals surface area contributed by atoms with Crippen LogP contribution < -0.4 is 10.6 Å². The van der Waals surface area contributed by atoms with Crippen LogP contribution >= 0.6 is 0 Å². The summed E-state index contributed by atoms with van der Waals surface area (Å²) in [5, 5.41) is 7.32. The first-order valence-corrected chi connectivity index (χ1v) is 12.8. The highest BCUT2D eigenvalue weighted by Gasteiger charge is 2.30. The van der Waals surface area contributed by atoms with E-state index in [1.165, 1.54) is 7.11 Å². The lowest BCUT2D eigenvalue weighted by molar-refractivity contribution is -0.122. The summed E-state index contributed by atoms with van der Waals surface area (Å²) in [6.07, 6.45) is 14.8. The van der Waals surface area contributed by atoms with Gasteiger partial charge in [-0.3, -0.25) is 9.78 Å². The van der Waals surface area contributed by atoms with Gasteiger partial charge in [0.1, 0.15) is 5.65 Å². The standard InChI is InChI=1S/C28H33N5O3/c1-36-28(35)25-24(32-27(34)20-10-7-11-20)23-16-22(30-17-19-8-3-2-4-9-19)18-31-26(23)33(25)15-13-21-12-5-6-14-29-21/h2-3,5-6,12,14,16,18-20,30H,4,7-11,13,15,17H2,1H3,(H,32,34)/t19-/m1/s1. The lowest BCUT2D eigenvalue weighted by Crippen LogP contribution is -2.29. The third kappa shape index (κ3) is 5.12. The first-order valence-electron chi connectivity index (χ1n) is 12.8. The number of aromatic nitrogens is 3. The van der Waals surface area contributed by atoms with Crippen LogP contribution in [0.25, 0.3) is 11.0 Å². The van der Waals surface area contributed by atoms with Crippen molar-refractivity contribution in [3.05, 3.63) is 60.2 Å². The van der Waals surface area contributed by atoms with Gasteiger partial charge in [0.2, 0.25) is 5.91 Å². The van der Waals surface area contributed by atoms with Crippen LogP contribution in [0.2, 0.25) is 0 Å². The highest BCUT2D eigenvalue weighted by atomic mass is 16.5. The summed E-state index contributed by atoms with van der Waals surface area (Å²) in [5.74, 6) is 0.0112. The summed E-state index contributed by atoms with van der Waals surface area (Å²) >= 11 is 0. The minimum atomic E-state index is -0.499. The fourth-order valence-electron chi connectivity index (χ4n) is 4.95. The largest absolute Gasteiger partial charge is 0.464 e. The van der Waals surface area contributed by atoms with Crippen molar-refractivity contribution in [3.8, 4) is 0 Å². The molecule has 0 spiro atoms. The Hall–Kier alpha value is -3.68. The first kappa shape index (κ1) is 24.0. The molecule has 8 nitrogen and oxygen atoms in total. The van der Waals surface area contributed by atoms with Crippen molar-refractivity contribution >= 4 is 34.3 Å². The molecule has 1 atom stereocenters. The van der Waals surface area contributed by atoms with Crippen LogP contribution in [0.5, 0.6) is 0 Å². The Bertz CT molecular complexity index is 1260. The number of amides is 1. The number of pyridine rings is 2. The second-order valence-corrected chi connectivity index (χ2v) is 9.68. The number of hydrogen-bond acceptors (Lipinski definition) is 6. The van der Waals surface area contributed by atoms with Crippen LogP contribution in [0.15, 0.2) is 48.8 Å². The quantitative estimate of drug-likeness (QED) is 0.327. The summed E-state index contributed by atoms with van der Waals surface area (Å²) in [6, 6.07) is 7.77. The van der Waals surface area contributed by atoms with Crippen LogP contribution in [-0.4, -0.2) is 40.1 Å². The fraction of sp³-hybridized carbons (Fsp3) is 0.429. The van der Waals surface area contributed by atoms with Crippen molar-refractivity contribution in [2.75, 3.05) is 24.3 Å². The topological polar surface area (TPSA) is 98.1 Å². The maximum absolute atomic E-state index is 13.0. The van der Waals surface area contributed by atoms with E-state index in [2.05, 4.69) is 27.8 Å². The number of hydrogen-bond donors (Lipinski definition) is 2. The van der Waals surface area contributed by atoms with Gasteiger partial charge in [-0.25, -0.2) is 9.78 Å². The van der Waals surface area contributed by atoms with Crippen LogP contribution in [0.4, 0.5) is 11.4 Å². The van der Waals surface area contributed by atoms with E-state index >= 15 is 0 Å². The zero-order valence-electron chi connectivity index (χ0n) is 20.7. The monoisotopic (exact) mass is 487 g/mol. The molecule has 1 amide bonds. The van der Waals surface area contributed by atoms with Crippen molar-refractivity contribution in [2.24, 2.45) is 11.8 Å². The van der Waals surface area contributed by atoms with Gasteiger partial charge in [0.15, 0.2) is 5.69 Å². The van der Waals surface area contributed by atoms with Crippen molar-refractivity contribution in [3.63, 3.8) is 0 Å². The molecule has 0 radical (unpaired) electrons. The highest BCUT2D eigenvalue weighted by molar-refractivity contribution is 6.11. The molecule has 5 rings (SSSR count). The molecule has 188 valence electrons. The van der Waals surface area contributed by atoms with Gasteiger partial charge in [-0.2, -0.15) is 0 Å². The van der Waals surface area contributed by atoms with Crippen LogP contribution in [0, 0.1) is 11.8 Å². The van der Waals surface area contributed by atoms with Gasteiger partial charge in [-0.05, 0) is 56.2 Å². The number of esters is 1. The Morgan fingerprint density at radius 2 is 2.06 bits per heavy atom. The Kier molecular flexibility index (Phi) is 7.30. The molecule has 0 unspecified atom stereocenters. The summed E-state index contributed by atoms with van der Waals surface area (Å²) in [6.45, 7) is 1.33. The summed E-state index contributed by atoms with van der Waals surface area (Å²) in [5.41, 5.74) is 3.22. The maximum Gasteiger partial charge on any atom is 0.356 e. The molecular formula is C28H33N5O3. The van der Waals surface area contributed by atoms with E-state index in [1.807, 2.05) is 28.8 Å². The van der Waals surface area contributed by atoms with Gasteiger partial charge in [-0.15, -0.1) is 0 Å². The van der Waals surface area contributed by atoms with Crippen molar-refractivity contribution in [2.45, 2.75) is 51.5 Å². The van der Waals surface area contributed by atoms with Gasteiger partial charge in [0, 0.05) is 42.7 Å². The zero-order chi connectivity index (χ0) is 24.9. The molecular weight excluding hydrogens is 454 g/mol. The van der Waals surface area contributed by atoms with Crippen LogP contribution in [-0.2, 0) is 22.5 Å². The van der Waals surface area contributed by atoms with Crippen molar-refractivity contribution in [1.29, 1.82) is 0 Å². The summed E-state index contributed by atoms with van der Waals surface area (Å²) < 4.78 is 7.01. The Labute approximate surface area is 211 Å². The number of allylic oxidation sites excluding steroid dienone is 2. The minimum Gasteiger partial charge on any atom is -0.464 e. The van der Waals surface area contributed by atoms with Crippen LogP contribution in [0.3, 0.4) is 0 Å². The summed E-state index contributed by atoms with van der Waals surface area (Å²) in [4.78, 5) is 35.2. The van der Waals surface area contributed by atoms with Gasteiger partial charge < -0.3 is 19.9 Å². The molecule has 8 heteroatoms. The predicted molar refractivity (Wildman–Crippen MR) is 140 cm³/mol. The van der Waals surface area contributed by atoms with Gasteiger partial charge in [0.05, 0.1) is 24.7 Å². The molecule has 1 saturated carbocycles. The number of rotatable bonds is 9. The third-order valence-electron chi connectivity index (χ3n) is 7.29. The predicted octanol–water partition coefficient (Wildman–Crippen LogP) is 4.97. The number of carbonyl (C=O) groups excluding carboxylic acids is 2. The van der Waals surface area contributed by atoms with Crippen molar-refractivity contribution < 1.29 is 14.3 Å². The Morgan fingerprint density at radius 3 is 2.75 bits per heavy atom. The fourth-order valence-corrected chi connectivity index (χ4v) is 4.95. The molecule has 0 bridgehead atoms. The molecule has 0 aliphatic heterocycles. The molecule has 3 heterocycles. The lowest BCUT2D eigenvalue weighted by atomic mass is 9.85. The van der Waals surface area contributed by atoms with E-state index in [-0.39, 0.29) is 11.8 Å². The van der Waals surface area contributed by atoms with Gasteiger partial charge in [-0.1, -0.05) is 24.6 Å². The molecule has 0 saturated heterocycles. The smallest absolute Gasteiger partial charge is 0.356 e.